The van der Waals surface area contributed by atoms with Crippen LogP contribution < -0.4 is 5.32 Å². The van der Waals surface area contributed by atoms with Crippen LogP contribution in [0.3, 0.4) is 0 Å². The fourth-order valence-electron chi connectivity index (χ4n) is 4.15. The van der Waals surface area contributed by atoms with Gasteiger partial charge in [0.15, 0.2) is 0 Å². The molecule has 5 atom stereocenters. The highest BCUT2D eigenvalue weighted by molar-refractivity contribution is 9.10. The summed E-state index contributed by atoms with van der Waals surface area (Å²) in [7, 11) is 0. The number of aromatic nitrogens is 1. The molecule has 1 aromatic heterocycles. The second-order valence-corrected chi connectivity index (χ2v) is 6.75. The molecule has 1 saturated heterocycles. The third-order valence-electron chi connectivity index (χ3n) is 4.89. The molecule has 18 heavy (non-hydrogen) atoms. The van der Waals surface area contributed by atoms with Crippen molar-refractivity contribution >= 4 is 15.9 Å². The van der Waals surface area contributed by atoms with Gasteiger partial charge in [-0.15, -0.1) is 0 Å². The number of pyridine rings is 1. The van der Waals surface area contributed by atoms with Gasteiger partial charge in [-0.25, -0.2) is 0 Å². The van der Waals surface area contributed by atoms with E-state index < -0.39 is 0 Å². The van der Waals surface area contributed by atoms with Gasteiger partial charge in [0.1, 0.15) is 0 Å². The molecule has 2 bridgehead atoms. The monoisotopic (exact) mass is 308 g/mol. The van der Waals surface area contributed by atoms with Crippen LogP contribution in [0.25, 0.3) is 0 Å². The summed E-state index contributed by atoms with van der Waals surface area (Å²) in [4.78, 5) is 4.37. The van der Waals surface area contributed by atoms with E-state index in [4.69, 9.17) is 4.74 Å². The van der Waals surface area contributed by atoms with Crippen LogP contribution in [-0.2, 0) is 11.3 Å². The normalized spacial score (nSPS) is 40.6. The van der Waals surface area contributed by atoms with Crippen molar-refractivity contribution < 1.29 is 4.74 Å². The molecule has 0 spiro atoms. The van der Waals surface area contributed by atoms with Crippen molar-refractivity contribution in [3.63, 3.8) is 0 Å². The number of fused-ring (bicyclic) bond motifs is 1. The molecule has 0 radical (unpaired) electrons. The lowest BCUT2D eigenvalue weighted by molar-refractivity contribution is -0.00962. The maximum atomic E-state index is 6.15. The van der Waals surface area contributed by atoms with Crippen molar-refractivity contribution in [3.05, 3.63) is 28.5 Å². The van der Waals surface area contributed by atoms with Gasteiger partial charge in [-0.1, -0.05) is 0 Å². The second kappa shape index (κ2) is 4.29. The minimum Gasteiger partial charge on any atom is -0.370 e. The molecule has 5 unspecified atom stereocenters. The first-order chi connectivity index (χ1) is 8.81. The van der Waals surface area contributed by atoms with E-state index in [1.807, 2.05) is 18.3 Å². The van der Waals surface area contributed by atoms with Gasteiger partial charge in [0.2, 0.25) is 0 Å². The van der Waals surface area contributed by atoms with E-state index in [0.29, 0.717) is 18.8 Å². The van der Waals surface area contributed by atoms with Gasteiger partial charge in [0.05, 0.1) is 18.4 Å². The summed E-state index contributed by atoms with van der Waals surface area (Å²) < 4.78 is 7.17. The molecule has 1 aliphatic heterocycles. The predicted octanol–water partition coefficient (Wildman–Crippen LogP) is 2.36. The van der Waals surface area contributed by atoms with E-state index in [-0.39, 0.29) is 0 Å². The zero-order valence-corrected chi connectivity index (χ0v) is 11.8. The molecule has 4 heteroatoms. The van der Waals surface area contributed by atoms with E-state index >= 15 is 0 Å². The molecule has 1 N–H and O–H groups in total. The number of halogens is 1. The summed E-state index contributed by atoms with van der Waals surface area (Å²) >= 11 is 3.40. The fourth-order valence-corrected chi connectivity index (χ4v) is 4.38. The molecule has 3 nitrogen and oxygen atoms in total. The van der Waals surface area contributed by atoms with Crippen LogP contribution in [0.15, 0.2) is 22.8 Å². The van der Waals surface area contributed by atoms with Gasteiger partial charge < -0.3 is 10.1 Å². The Morgan fingerprint density at radius 3 is 3.11 bits per heavy atom. The van der Waals surface area contributed by atoms with Gasteiger partial charge in [0, 0.05) is 16.7 Å². The number of nitrogens with one attached hydrogen (secondary N) is 1. The Labute approximate surface area is 115 Å². The van der Waals surface area contributed by atoms with Gasteiger partial charge in [0.25, 0.3) is 0 Å². The number of hydrogen-bond donors (Lipinski definition) is 1. The molecular weight excluding hydrogens is 292 g/mol. The molecule has 2 saturated carbocycles. The number of hydrogen-bond acceptors (Lipinski definition) is 3. The van der Waals surface area contributed by atoms with Gasteiger partial charge >= 0.3 is 0 Å². The van der Waals surface area contributed by atoms with E-state index in [9.17, 15) is 0 Å². The summed E-state index contributed by atoms with van der Waals surface area (Å²) in [6.07, 6.45) is 5.00. The zero-order valence-electron chi connectivity index (χ0n) is 10.2. The van der Waals surface area contributed by atoms with Crippen molar-refractivity contribution in [1.29, 1.82) is 0 Å². The molecule has 3 fully saturated rings. The SMILES string of the molecule is Brc1ccc(COC2C3CC4CNC2C4C3)nc1. The maximum Gasteiger partial charge on any atom is 0.0892 e. The van der Waals surface area contributed by atoms with E-state index in [2.05, 4.69) is 26.2 Å². The summed E-state index contributed by atoms with van der Waals surface area (Å²) in [5.41, 5.74) is 1.02. The first kappa shape index (κ1) is 11.4. The van der Waals surface area contributed by atoms with E-state index in [0.717, 1.165) is 27.9 Å². The van der Waals surface area contributed by atoms with Crippen LogP contribution in [0.2, 0.25) is 0 Å². The second-order valence-electron chi connectivity index (χ2n) is 5.83. The van der Waals surface area contributed by atoms with Gasteiger partial charge in [-0.3, -0.25) is 4.98 Å². The topological polar surface area (TPSA) is 34.1 Å². The van der Waals surface area contributed by atoms with Crippen LogP contribution in [0.4, 0.5) is 0 Å². The molecule has 96 valence electrons. The Balaban J connectivity index is 1.42. The lowest BCUT2D eigenvalue weighted by atomic mass is 9.88. The van der Waals surface area contributed by atoms with Crippen molar-refractivity contribution in [2.24, 2.45) is 17.8 Å². The lowest BCUT2D eigenvalue weighted by Gasteiger charge is -2.27. The molecule has 1 aromatic rings. The third-order valence-corrected chi connectivity index (χ3v) is 5.36. The van der Waals surface area contributed by atoms with Crippen LogP contribution in [0.1, 0.15) is 18.5 Å². The predicted molar refractivity (Wildman–Crippen MR) is 72.0 cm³/mol. The summed E-state index contributed by atoms with van der Waals surface area (Å²) in [6.45, 7) is 1.85. The lowest BCUT2D eigenvalue weighted by Crippen LogP contribution is -2.39. The van der Waals surface area contributed by atoms with Crippen molar-refractivity contribution in [3.8, 4) is 0 Å². The Hall–Kier alpha value is -0.450. The van der Waals surface area contributed by atoms with Crippen LogP contribution >= 0.6 is 15.9 Å². The summed E-state index contributed by atoms with van der Waals surface area (Å²) in [5.74, 6) is 2.61. The highest BCUT2D eigenvalue weighted by Crippen LogP contribution is 2.52. The summed E-state index contributed by atoms with van der Waals surface area (Å²) in [5, 5.41) is 3.65. The number of ether oxygens (including phenoxy) is 1. The summed E-state index contributed by atoms with van der Waals surface area (Å²) in [6, 6.07) is 4.67. The smallest absolute Gasteiger partial charge is 0.0892 e. The number of rotatable bonds is 3. The minimum atomic E-state index is 0.416. The zero-order chi connectivity index (χ0) is 12.1. The Kier molecular flexibility index (Phi) is 2.71. The quantitative estimate of drug-likeness (QED) is 0.931. The minimum absolute atomic E-state index is 0.416. The molecule has 2 heterocycles. The van der Waals surface area contributed by atoms with Crippen molar-refractivity contribution in [2.45, 2.75) is 31.6 Å². The maximum absolute atomic E-state index is 6.15. The first-order valence-electron chi connectivity index (χ1n) is 6.76. The Morgan fingerprint density at radius 1 is 1.33 bits per heavy atom. The Morgan fingerprint density at radius 2 is 2.28 bits per heavy atom. The van der Waals surface area contributed by atoms with Gasteiger partial charge in [-0.2, -0.15) is 0 Å². The molecular formula is C14H17BrN2O. The molecule has 3 aliphatic rings. The molecule has 0 aromatic carbocycles. The first-order valence-corrected chi connectivity index (χ1v) is 7.56. The standard InChI is InChI=1S/C14H17BrN2O/c15-10-1-2-11(16-6-10)7-18-14-8-3-9-5-17-13(14)12(9)4-8/h1-2,6,8-9,12-14,17H,3-5,7H2. The van der Waals surface area contributed by atoms with Crippen molar-refractivity contribution in [1.82, 2.24) is 10.3 Å². The third kappa shape index (κ3) is 1.74. The average molecular weight is 309 g/mol. The molecule has 0 amide bonds. The molecule has 4 rings (SSSR count). The van der Waals surface area contributed by atoms with Crippen LogP contribution in [0, 0.1) is 17.8 Å². The van der Waals surface area contributed by atoms with E-state index in [1.165, 1.54) is 19.4 Å². The highest BCUT2D eigenvalue weighted by atomic mass is 79.9. The van der Waals surface area contributed by atoms with Gasteiger partial charge in [-0.05, 0) is 65.2 Å². The average Bonchev–Trinajstić information content (AvgIpc) is 2.98. The molecule has 2 aliphatic carbocycles. The van der Waals surface area contributed by atoms with E-state index in [1.54, 1.807) is 0 Å². The van der Waals surface area contributed by atoms with Crippen LogP contribution in [-0.4, -0.2) is 23.7 Å². The number of nitrogens with zero attached hydrogens (tertiary/aromatic N) is 1. The van der Waals surface area contributed by atoms with Crippen LogP contribution in [0.5, 0.6) is 0 Å². The highest BCUT2D eigenvalue weighted by Gasteiger charge is 2.56. The Bertz CT molecular complexity index is 448. The largest absolute Gasteiger partial charge is 0.370 e. The van der Waals surface area contributed by atoms with Crippen molar-refractivity contribution in [2.75, 3.05) is 6.54 Å². The fraction of sp³-hybridized carbons (Fsp3) is 0.643.